The Bertz CT molecular complexity index is 751. The minimum absolute atomic E-state index is 0.0287. The van der Waals surface area contributed by atoms with Crippen LogP contribution in [0.5, 0.6) is 0 Å². The third kappa shape index (κ3) is 3.32. The summed E-state index contributed by atoms with van der Waals surface area (Å²) in [5.74, 6) is -1.11. The molecule has 0 fully saturated rings. The van der Waals surface area contributed by atoms with E-state index in [1.165, 1.54) is 19.2 Å². The minimum atomic E-state index is -0.887. The van der Waals surface area contributed by atoms with Crippen molar-refractivity contribution in [3.63, 3.8) is 0 Å². The zero-order valence-electron chi connectivity index (χ0n) is 13.3. The lowest BCUT2D eigenvalue weighted by Crippen LogP contribution is -2.39. The van der Waals surface area contributed by atoms with Crippen LogP contribution in [0.4, 0.5) is 15.8 Å². The maximum Gasteiger partial charge on any atom is 0.253 e. The second-order valence-corrected chi connectivity index (χ2v) is 5.59. The molecule has 4 nitrogen and oxygen atoms in total. The molecule has 0 saturated heterocycles. The Balaban J connectivity index is 2.56. The molecule has 1 amide bonds. The van der Waals surface area contributed by atoms with Gasteiger partial charge in [0.1, 0.15) is 11.4 Å². The first-order valence-corrected chi connectivity index (χ1v) is 7.19. The Morgan fingerprint density at radius 3 is 2.35 bits per heavy atom. The highest BCUT2D eigenvalue weighted by molar-refractivity contribution is 5.94. The fraction of sp³-hybridized carbons (Fsp3) is 0.222. The SMILES string of the molecule is CNC(=O)c1ccc(N(c2ccccc2)C(C)(C)C#N)cc1F. The van der Waals surface area contributed by atoms with Gasteiger partial charge in [0, 0.05) is 18.4 Å². The van der Waals surface area contributed by atoms with Crippen molar-refractivity contribution < 1.29 is 9.18 Å². The molecule has 2 aromatic carbocycles. The number of benzene rings is 2. The molecule has 0 spiro atoms. The molecule has 0 atom stereocenters. The molecule has 0 bridgehead atoms. The van der Waals surface area contributed by atoms with Gasteiger partial charge in [-0.2, -0.15) is 5.26 Å². The third-order valence-corrected chi connectivity index (χ3v) is 3.53. The van der Waals surface area contributed by atoms with Crippen molar-refractivity contribution in [2.75, 3.05) is 11.9 Å². The van der Waals surface area contributed by atoms with Crippen LogP contribution < -0.4 is 10.2 Å². The Hall–Kier alpha value is -2.87. The first-order valence-electron chi connectivity index (χ1n) is 7.19. The molecule has 2 aromatic rings. The molecule has 0 aromatic heterocycles. The zero-order valence-corrected chi connectivity index (χ0v) is 13.3. The predicted molar refractivity (Wildman–Crippen MR) is 88.1 cm³/mol. The van der Waals surface area contributed by atoms with Crippen LogP contribution in [0.2, 0.25) is 0 Å². The maximum absolute atomic E-state index is 14.3. The van der Waals surface area contributed by atoms with Gasteiger partial charge in [0.2, 0.25) is 0 Å². The van der Waals surface area contributed by atoms with Crippen LogP contribution in [0.25, 0.3) is 0 Å². The van der Waals surface area contributed by atoms with Gasteiger partial charge in [-0.05, 0) is 44.2 Å². The van der Waals surface area contributed by atoms with E-state index in [9.17, 15) is 14.4 Å². The van der Waals surface area contributed by atoms with Crippen molar-refractivity contribution in [1.29, 1.82) is 5.26 Å². The molecule has 1 N–H and O–H groups in total. The average molecular weight is 311 g/mol. The van der Waals surface area contributed by atoms with Crippen LogP contribution in [0, 0.1) is 17.1 Å². The van der Waals surface area contributed by atoms with Crippen molar-refractivity contribution in [3.05, 3.63) is 59.9 Å². The summed E-state index contributed by atoms with van der Waals surface area (Å²) in [5.41, 5.74) is 0.362. The van der Waals surface area contributed by atoms with Gasteiger partial charge in [-0.15, -0.1) is 0 Å². The van der Waals surface area contributed by atoms with Gasteiger partial charge >= 0.3 is 0 Å². The van der Waals surface area contributed by atoms with E-state index in [0.717, 1.165) is 5.69 Å². The molecular formula is C18H18FN3O. The number of hydrogen-bond donors (Lipinski definition) is 1. The highest BCUT2D eigenvalue weighted by Crippen LogP contribution is 2.33. The Kier molecular flexibility index (Phi) is 4.65. The number of halogens is 1. The van der Waals surface area contributed by atoms with Crippen molar-refractivity contribution in [2.24, 2.45) is 0 Å². The first kappa shape index (κ1) is 16.5. The number of nitrogens with zero attached hydrogens (tertiary/aromatic N) is 2. The number of rotatable bonds is 4. The molecular weight excluding hydrogens is 293 g/mol. The number of para-hydroxylation sites is 1. The van der Waals surface area contributed by atoms with E-state index in [0.29, 0.717) is 5.69 Å². The smallest absolute Gasteiger partial charge is 0.253 e. The van der Waals surface area contributed by atoms with Gasteiger partial charge < -0.3 is 10.2 Å². The van der Waals surface area contributed by atoms with E-state index in [4.69, 9.17) is 0 Å². The second-order valence-electron chi connectivity index (χ2n) is 5.59. The molecule has 0 aliphatic heterocycles. The third-order valence-electron chi connectivity index (χ3n) is 3.53. The minimum Gasteiger partial charge on any atom is -0.355 e. The Morgan fingerprint density at radius 1 is 1.17 bits per heavy atom. The van der Waals surface area contributed by atoms with Crippen molar-refractivity contribution in [3.8, 4) is 6.07 Å². The molecule has 23 heavy (non-hydrogen) atoms. The van der Waals surface area contributed by atoms with E-state index >= 15 is 0 Å². The first-order chi connectivity index (χ1) is 10.9. The lowest BCUT2D eigenvalue weighted by molar-refractivity contribution is 0.0959. The summed E-state index contributed by atoms with van der Waals surface area (Å²) in [4.78, 5) is 13.4. The summed E-state index contributed by atoms with van der Waals surface area (Å²) in [6, 6.07) is 15.8. The number of amides is 1. The Morgan fingerprint density at radius 2 is 1.83 bits per heavy atom. The number of anilines is 2. The zero-order chi connectivity index (χ0) is 17.0. The van der Waals surface area contributed by atoms with Crippen LogP contribution in [-0.4, -0.2) is 18.5 Å². The molecule has 2 rings (SSSR count). The highest BCUT2D eigenvalue weighted by atomic mass is 19.1. The molecule has 0 aliphatic carbocycles. The molecule has 5 heteroatoms. The monoisotopic (exact) mass is 311 g/mol. The van der Waals surface area contributed by atoms with E-state index in [1.807, 2.05) is 30.3 Å². The number of nitrogens with one attached hydrogen (secondary N) is 1. The molecule has 0 radical (unpaired) electrons. The van der Waals surface area contributed by atoms with E-state index in [1.54, 1.807) is 24.8 Å². The summed E-state index contributed by atoms with van der Waals surface area (Å²) < 4.78 is 14.3. The van der Waals surface area contributed by atoms with Crippen molar-refractivity contribution in [1.82, 2.24) is 5.32 Å². The fourth-order valence-corrected chi connectivity index (χ4v) is 2.38. The summed E-state index contributed by atoms with van der Waals surface area (Å²) in [5, 5.41) is 11.9. The predicted octanol–water partition coefficient (Wildman–Crippen LogP) is 3.63. The number of hydrogen-bond acceptors (Lipinski definition) is 3. The summed E-state index contributed by atoms with van der Waals surface area (Å²) >= 11 is 0. The summed E-state index contributed by atoms with van der Waals surface area (Å²) in [6.07, 6.45) is 0. The largest absolute Gasteiger partial charge is 0.355 e. The van der Waals surface area contributed by atoms with Crippen molar-refractivity contribution in [2.45, 2.75) is 19.4 Å². The average Bonchev–Trinajstić information content (AvgIpc) is 2.55. The van der Waals surface area contributed by atoms with Crippen LogP contribution in [0.1, 0.15) is 24.2 Å². The highest BCUT2D eigenvalue weighted by Gasteiger charge is 2.29. The van der Waals surface area contributed by atoms with Crippen molar-refractivity contribution >= 4 is 17.3 Å². The molecule has 0 aliphatic rings. The van der Waals surface area contributed by atoms with Crippen LogP contribution in [0.15, 0.2) is 48.5 Å². The molecule has 0 heterocycles. The van der Waals surface area contributed by atoms with E-state index in [-0.39, 0.29) is 5.56 Å². The number of nitriles is 1. The van der Waals surface area contributed by atoms with Crippen LogP contribution >= 0.6 is 0 Å². The van der Waals surface area contributed by atoms with Gasteiger partial charge in [-0.25, -0.2) is 4.39 Å². The topological polar surface area (TPSA) is 56.1 Å². The molecule has 118 valence electrons. The fourth-order valence-electron chi connectivity index (χ4n) is 2.38. The van der Waals surface area contributed by atoms with E-state index in [2.05, 4.69) is 11.4 Å². The van der Waals surface area contributed by atoms with Gasteiger partial charge in [0.15, 0.2) is 0 Å². The normalized spacial score (nSPS) is 10.7. The van der Waals surface area contributed by atoms with E-state index < -0.39 is 17.3 Å². The van der Waals surface area contributed by atoms with Gasteiger partial charge in [0.05, 0.1) is 11.6 Å². The standard InChI is InChI=1S/C18H18FN3O/c1-18(2,12-20)22(13-7-5-4-6-8-13)14-9-10-15(16(19)11-14)17(23)21-3/h4-11H,1-3H3,(H,21,23). The number of carbonyl (C=O) groups excluding carboxylic acids is 1. The Labute approximate surface area is 135 Å². The molecule has 0 unspecified atom stereocenters. The summed E-state index contributed by atoms with van der Waals surface area (Å²) in [6.45, 7) is 3.51. The van der Waals surface area contributed by atoms with Gasteiger partial charge in [-0.3, -0.25) is 4.79 Å². The lowest BCUT2D eigenvalue weighted by atomic mass is 10.0. The summed E-state index contributed by atoms with van der Waals surface area (Å²) in [7, 11) is 1.45. The quantitative estimate of drug-likeness (QED) is 0.938. The lowest BCUT2D eigenvalue weighted by Gasteiger charge is -2.35. The molecule has 0 saturated carbocycles. The van der Waals surface area contributed by atoms with Gasteiger partial charge in [0.25, 0.3) is 5.91 Å². The maximum atomic E-state index is 14.3. The van der Waals surface area contributed by atoms with Gasteiger partial charge in [-0.1, -0.05) is 18.2 Å². The second kappa shape index (κ2) is 6.49. The van der Waals surface area contributed by atoms with Crippen LogP contribution in [-0.2, 0) is 0 Å². The number of carbonyl (C=O) groups is 1. The van der Waals surface area contributed by atoms with Crippen LogP contribution in [0.3, 0.4) is 0 Å².